The number of carbonyl (C=O) groups is 1. The zero-order valence-electron chi connectivity index (χ0n) is 11.4. The van der Waals surface area contributed by atoms with Crippen LogP contribution in [-0.2, 0) is 0 Å². The molecule has 1 N–H and O–H groups in total. The van der Waals surface area contributed by atoms with Gasteiger partial charge in [0, 0.05) is 11.0 Å². The van der Waals surface area contributed by atoms with E-state index in [0.29, 0.717) is 5.56 Å². The molecule has 5 nitrogen and oxygen atoms in total. The molecule has 0 aliphatic carbocycles. The molecule has 0 aromatic heterocycles. The van der Waals surface area contributed by atoms with Crippen molar-refractivity contribution >= 4 is 29.0 Å². The van der Waals surface area contributed by atoms with E-state index in [4.69, 9.17) is 0 Å². The third kappa shape index (κ3) is 3.61. The first kappa shape index (κ1) is 15.1. The van der Waals surface area contributed by atoms with Crippen molar-refractivity contribution in [1.82, 2.24) is 0 Å². The zero-order chi connectivity index (χ0) is 15.2. The van der Waals surface area contributed by atoms with Crippen molar-refractivity contribution in [1.29, 1.82) is 0 Å². The average molecular weight is 302 g/mol. The van der Waals surface area contributed by atoms with E-state index < -0.39 is 4.92 Å². The van der Waals surface area contributed by atoms with Crippen LogP contribution in [0.3, 0.4) is 0 Å². The number of thioether (sulfide) groups is 1. The Labute approximate surface area is 126 Å². The standard InChI is InChI=1S/C15H14N2O3S/c1-2-21-14-10-6-3-7-11(14)15(18)16-12-8-4-5-9-13(12)17(19)20/h3-10H,2H2,1H3,(H,16,18). The minimum Gasteiger partial charge on any atom is -0.316 e. The Morgan fingerprint density at radius 3 is 2.57 bits per heavy atom. The van der Waals surface area contributed by atoms with E-state index in [2.05, 4.69) is 5.32 Å². The summed E-state index contributed by atoms with van der Waals surface area (Å²) in [7, 11) is 0. The number of nitro groups is 1. The van der Waals surface area contributed by atoms with E-state index in [1.165, 1.54) is 12.1 Å². The second kappa shape index (κ2) is 6.90. The van der Waals surface area contributed by atoms with Crippen LogP contribution in [0.5, 0.6) is 0 Å². The lowest BCUT2D eigenvalue weighted by Gasteiger charge is -2.09. The molecular formula is C15H14N2O3S. The molecular weight excluding hydrogens is 288 g/mol. The van der Waals surface area contributed by atoms with Gasteiger partial charge in [-0.2, -0.15) is 0 Å². The van der Waals surface area contributed by atoms with Gasteiger partial charge < -0.3 is 5.32 Å². The summed E-state index contributed by atoms with van der Waals surface area (Å²) in [5.41, 5.74) is 0.595. The van der Waals surface area contributed by atoms with Gasteiger partial charge in [0.25, 0.3) is 11.6 Å². The lowest BCUT2D eigenvalue weighted by molar-refractivity contribution is -0.383. The minimum atomic E-state index is -0.512. The number of nitrogens with zero attached hydrogens (tertiary/aromatic N) is 1. The molecule has 21 heavy (non-hydrogen) atoms. The number of anilines is 1. The van der Waals surface area contributed by atoms with Crippen LogP contribution in [0.2, 0.25) is 0 Å². The van der Waals surface area contributed by atoms with Crippen molar-refractivity contribution < 1.29 is 9.72 Å². The third-order valence-electron chi connectivity index (χ3n) is 2.78. The van der Waals surface area contributed by atoms with Crippen LogP contribution in [-0.4, -0.2) is 16.6 Å². The second-order valence-corrected chi connectivity index (χ2v) is 5.46. The Bertz CT molecular complexity index is 673. The summed E-state index contributed by atoms with van der Waals surface area (Å²) in [4.78, 5) is 23.6. The van der Waals surface area contributed by atoms with Crippen molar-refractivity contribution in [3.05, 3.63) is 64.2 Å². The third-order valence-corrected chi connectivity index (χ3v) is 3.74. The van der Waals surface area contributed by atoms with Crippen LogP contribution in [0.4, 0.5) is 11.4 Å². The van der Waals surface area contributed by atoms with E-state index in [-0.39, 0.29) is 17.3 Å². The van der Waals surface area contributed by atoms with Crippen LogP contribution in [0.1, 0.15) is 17.3 Å². The minimum absolute atomic E-state index is 0.119. The summed E-state index contributed by atoms with van der Waals surface area (Å²) in [5, 5.41) is 13.6. The van der Waals surface area contributed by atoms with E-state index in [9.17, 15) is 14.9 Å². The number of para-hydroxylation sites is 2. The van der Waals surface area contributed by atoms with Gasteiger partial charge in [-0.3, -0.25) is 14.9 Å². The predicted molar refractivity (Wildman–Crippen MR) is 83.9 cm³/mol. The number of amides is 1. The lowest BCUT2D eigenvalue weighted by Crippen LogP contribution is -2.14. The zero-order valence-corrected chi connectivity index (χ0v) is 12.2. The molecule has 0 radical (unpaired) electrons. The Kier molecular flexibility index (Phi) is 4.94. The van der Waals surface area contributed by atoms with Gasteiger partial charge in [0.1, 0.15) is 5.69 Å². The van der Waals surface area contributed by atoms with Crippen LogP contribution >= 0.6 is 11.8 Å². The van der Waals surface area contributed by atoms with Gasteiger partial charge in [0.15, 0.2) is 0 Å². The van der Waals surface area contributed by atoms with Crippen LogP contribution < -0.4 is 5.32 Å². The van der Waals surface area contributed by atoms with Gasteiger partial charge >= 0.3 is 0 Å². The predicted octanol–water partition coefficient (Wildman–Crippen LogP) is 3.96. The molecule has 2 aromatic carbocycles. The molecule has 0 spiro atoms. The van der Waals surface area contributed by atoms with E-state index in [1.807, 2.05) is 19.1 Å². The van der Waals surface area contributed by atoms with Gasteiger partial charge in [0.2, 0.25) is 0 Å². The highest BCUT2D eigenvalue weighted by molar-refractivity contribution is 7.99. The lowest BCUT2D eigenvalue weighted by atomic mass is 10.2. The number of carbonyl (C=O) groups excluding carboxylic acids is 1. The van der Waals surface area contributed by atoms with E-state index in [0.717, 1.165) is 10.6 Å². The van der Waals surface area contributed by atoms with Crippen molar-refractivity contribution in [2.45, 2.75) is 11.8 Å². The summed E-state index contributed by atoms with van der Waals surface area (Å²) in [6.07, 6.45) is 0. The first-order valence-electron chi connectivity index (χ1n) is 6.40. The van der Waals surface area contributed by atoms with E-state index in [1.54, 1.807) is 36.0 Å². The molecule has 0 atom stereocenters. The SMILES string of the molecule is CCSc1ccccc1C(=O)Nc1ccccc1[N+](=O)[O-]. The molecule has 0 aliphatic rings. The van der Waals surface area contributed by atoms with Crippen molar-refractivity contribution in [3.63, 3.8) is 0 Å². The Hall–Kier alpha value is -2.34. The summed E-state index contributed by atoms with van der Waals surface area (Å²) in [6, 6.07) is 13.3. The molecule has 6 heteroatoms. The number of nitro benzene ring substituents is 1. The second-order valence-electron chi connectivity index (χ2n) is 4.16. The largest absolute Gasteiger partial charge is 0.316 e. The average Bonchev–Trinajstić information content (AvgIpc) is 2.48. The number of hydrogen-bond donors (Lipinski definition) is 1. The molecule has 2 aromatic rings. The molecule has 0 saturated heterocycles. The van der Waals surface area contributed by atoms with Gasteiger partial charge in [-0.25, -0.2) is 0 Å². The monoisotopic (exact) mass is 302 g/mol. The molecule has 0 unspecified atom stereocenters. The summed E-state index contributed by atoms with van der Waals surface area (Å²) >= 11 is 1.56. The molecule has 1 amide bonds. The molecule has 0 saturated carbocycles. The van der Waals surface area contributed by atoms with Crippen molar-refractivity contribution in [2.75, 3.05) is 11.1 Å². The maximum Gasteiger partial charge on any atom is 0.292 e. The quantitative estimate of drug-likeness (QED) is 0.515. The van der Waals surface area contributed by atoms with Gasteiger partial charge in [-0.15, -0.1) is 11.8 Å². The van der Waals surface area contributed by atoms with Crippen LogP contribution in [0, 0.1) is 10.1 Å². The fraction of sp³-hybridized carbons (Fsp3) is 0.133. The van der Waals surface area contributed by atoms with Crippen LogP contribution in [0.15, 0.2) is 53.4 Å². The summed E-state index contributed by atoms with van der Waals surface area (Å²) in [6.45, 7) is 2.00. The highest BCUT2D eigenvalue weighted by Gasteiger charge is 2.17. The number of rotatable bonds is 5. The fourth-order valence-electron chi connectivity index (χ4n) is 1.86. The normalized spacial score (nSPS) is 10.1. The first-order chi connectivity index (χ1) is 10.1. The molecule has 0 bridgehead atoms. The maximum atomic E-state index is 12.3. The Morgan fingerprint density at radius 1 is 1.19 bits per heavy atom. The molecule has 0 aliphatic heterocycles. The van der Waals surface area contributed by atoms with E-state index >= 15 is 0 Å². The molecule has 0 heterocycles. The van der Waals surface area contributed by atoms with Gasteiger partial charge in [0.05, 0.1) is 10.5 Å². The summed E-state index contributed by atoms with van der Waals surface area (Å²) < 4.78 is 0. The maximum absolute atomic E-state index is 12.3. The smallest absolute Gasteiger partial charge is 0.292 e. The van der Waals surface area contributed by atoms with Gasteiger partial charge in [-0.1, -0.05) is 31.2 Å². The Morgan fingerprint density at radius 2 is 1.86 bits per heavy atom. The fourth-order valence-corrected chi connectivity index (χ4v) is 2.67. The van der Waals surface area contributed by atoms with Gasteiger partial charge in [-0.05, 0) is 24.0 Å². The summed E-state index contributed by atoms with van der Waals surface area (Å²) in [5.74, 6) is 0.497. The highest BCUT2D eigenvalue weighted by Crippen LogP contribution is 2.26. The van der Waals surface area contributed by atoms with Crippen molar-refractivity contribution in [3.8, 4) is 0 Å². The first-order valence-corrected chi connectivity index (χ1v) is 7.38. The van der Waals surface area contributed by atoms with Crippen LogP contribution in [0.25, 0.3) is 0 Å². The molecule has 108 valence electrons. The number of benzene rings is 2. The van der Waals surface area contributed by atoms with Crippen molar-refractivity contribution in [2.24, 2.45) is 0 Å². The number of nitrogens with one attached hydrogen (secondary N) is 1. The Balaban J connectivity index is 2.29. The molecule has 2 rings (SSSR count). The number of hydrogen-bond acceptors (Lipinski definition) is 4. The highest BCUT2D eigenvalue weighted by atomic mass is 32.2. The topological polar surface area (TPSA) is 72.2 Å². The molecule has 0 fully saturated rings.